The Hall–Kier alpha value is -2.78. The molecule has 1 aromatic rings. The molecule has 0 saturated heterocycles. The molecule has 0 fully saturated rings. The number of allylic oxidation sites excluding steroid dienone is 5. The summed E-state index contributed by atoms with van der Waals surface area (Å²) in [5.41, 5.74) is 3.72. The summed E-state index contributed by atoms with van der Waals surface area (Å²) in [5, 5.41) is 17.7. The van der Waals surface area contributed by atoms with Crippen LogP contribution in [0.3, 0.4) is 0 Å². The second-order valence-electron chi connectivity index (χ2n) is 6.12. The first kappa shape index (κ1) is 18.6. The van der Waals surface area contributed by atoms with Gasteiger partial charge in [0.15, 0.2) is 0 Å². The van der Waals surface area contributed by atoms with Crippen LogP contribution in [0.5, 0.6) is 0 Å². The lowest BCUT2D eigenvalue weighted by molar-refractivity contribution is 0.304. The van der Waals surface area contributed by atoms with Crippen LogP contribution in [0.2, 0.25) is 0 Å². The van der Waals surface area contributed by atoms with Gasteiger partial charge in [-0.25, -0.2) is 0 Å². The van der Waals surface area contributed by atoms with Crippen molar-refractivity contribution in [3.63, 3.8) is 0 Å². The molecule has 0 bridgehead atoms. The Morgan fingerprint density at radius 1 is 0.960 bits per heavy atom. The zero-order chi connectivity index (χ0) is 17.9. The van der Waals surface area contributed by atoms with Crippen LogP contribution in [0.15, 0.2) is 65.5 Å². The number of benzene rings is 1. The van der Waals surface area contributed by atoms with E-state index < -0.39 is 0 Å². The van der Waals surface area contributed by atoms with Gasteiger partial charge >= 0.3 is 0 Å². The molecule has 0 heterocycles. The summed E-state index contributed by atoms with van der Waals surface area (Å²) in [6, 6.07) is 14.8. The van der Waals surface area contributed by atoms with Gasteiger partial charge in [-0.2, -0.15) is 10.5 Å². The van der Waals surface area contributed by atoms with E-state index >= 15 is 0 Å². The summed E-state index contributed by atoms with van der Waals surface area (Å²) in [7, 11) is 1.69. The maximum atomic E-state index is 8.87. The molecule has 1 aliphatic rings. The van der Waals surface area contributed by atoms with Crippen LogP contribution < -0.4 is 0 Å². The van der Waals surface area contributed by atoms with Crippen LogP contribution in [0.1, 0.15) is 50.0 Å². The number of methoxy groups -OCH3 is 1. The molecule has 128 valence electrons. The van der Waals surface area contributed by atoms with Gasteiger partial charge in [-0.05, 0) is 49.0 Å². The Balaban J connectivity index is 2.34. The first-order valence-corrected chi connectivity index (χ1v) is 8.74. The standard InChI is InChI=1S/C22H24N2O/c1-25-21-16-18(9-5-7-13-23)15-20(12-6-8-14-24)22(17-21)19-10-3-2-4-11-19/h2-4,10-11,15-17,22H,5-9,12H2,1H3. The molecule has 1 atom stereocenters. The molecule has 2 rings (SSSR count). The summed E-state index contributed by atoms with van der Waals surface area (Å²) in [6.07, 6.45) is 11.0. The topological polar surface area (TPSA) is 56.8 Å². The lowest BCUT2D eigenvalue weighted by Crippen LogP contribution is -2.01. The maximum Gasteiger partial charge on any atom is 0.116 e. The molecular formula is C22H24N2O. The second-order valence-corrected chi connectivity index (χ2v) is 6.12. The van der Waals surface area contributed by atoms with Gasteiger partial charge in [0.25, 0.3) is 0 Å². The van der Waals surface area contributed by atoms with Crippen molar-refractivity contribution in [1.82, 2.24) is 0 Å². The lowest BCUT2D eigenvalue weighted by atomic mass is 9.87. The predicted octanol–water partition coefficient (Wildman–Crippen LogP) is 5.55. The fourth-order valence-corrected chi connectivity index (χ4v) is 3.08. The molecule has 0 aromatic heterocycles. The van der Waals surface area contributed by atoms with E-state index in [1.165, 1.54) is 16.7 Å². The van der Waals surface area contributed by atoms with Gasteiger partial charge in [-0.1, -0.05) is 42.0 Å². The molecule has 0 spiro atoms. The normalized spacial score (nSPS) is 16.6. The molecule has 0 aliphatic heterocycles. The first-order chi connectivity index (χ1) is 12.3. The minimum atomic E-state index is 0.152. The van der Waals surface area contributed by atoms with Gasteiger partial charge in [0.2, 0.25) is 0 Å². The maximum absolute atomic E-state index is 8.87. The molecule has 0 radical (unpaired) electrons. The highest BCUT2D eigenvalue weighted by atomic mass is 16.5. The van der Waals surface area contributed by atoms with Crippen molar-refractivity contribution in [3.05, 3.63) is 71.0 Å². The van der Waals surface area contributed by atoms with Crippen molar-refractivity contribution in [1.29, 1.82) is 10.5 Å². The highest BCUT2D eigenvalue weighted by Crippen LogP contribution is 2.35. The third-order valence-corrected chi connectivity index (χ3v) is 4.33. The number of unbranched alkanes of at least 4 members (excludes halogenated alkanes) is 2. The molecule has 0 saturated carbocycles. The molecule has 1 aromatic carbocycles. The molecular weight excluding hydrogens is 308 g/mol. The number of hydrogen-bond acceptors (Lipinski definition) is 3. The summed E-state index contributed by atoms with van der Waals surface area (Å²) >= 11 is 0. The number of rotatable bonds is 8. The average molecular weight is 332 g/mol. The fourth-order valence-electron chi connectivity index (χ4n) is 3.08. The fraction of sp³-hybridized carbons (Fsp3) is 0.364. The minimum absolute atomic E-state index is 0.152. The van der Waals surface area contributed by atoms with Gasteiger partial charge in [-0.3, -0.25) is 0 Å². The van der Waals surface area contributed by atoms with Gasteiger partial charge in [-0.15, -0.1) is 0 Å². The van der Waals surface area contributed by atoms with Gasteiger partial charge in [0.1, 0.15) is 5.76 Å². The Bertz CT molecular complexity index is 730. The molecule has 25 heavy (non-hydrogen) atoms. The highest BCUT2D eigenvalue weighted by molar-refractivity contribution is 5.44. The number of nitriles is 2. The molecule has 3 nitrogen and oxygen atoms in total. The van der Waals surface area contributed by atoms with Gasteiger partial charge in [0, 0.05) is 18.8 Å². The van der Waals surface area contributed by atoms with E-state index in [4.69, 9.17) is 15.3 Å². The van der Waals surface area contributed by atoms with E-state index in [0.29, 0.717) is 12.8 Å². The quantitative estimate of drug-likeness (QED) is 0.586. The summed E-state index contributed by atoms with van der Waals surface area (Å²) in [5.74, 6) is 1.01. The number of nitrogens with zero attached hydrogens (tertiary/aromatic N) is 2. The third kappa shape index (κ3) is 5.66. The van der Waals surface area contributed by atoms with Crippen molar-refractivity contribution in [2.75, 3.05) is 7.11 Å². The van der Waals surface area contributed by atoms with Crippen LogP contribution in [0.4, 0.5) is 0 Å². The van der Waals surface area contributed by atoms with Crippen LogP contribution in [0.25, 0.3) is 0 Å². The largest absolute Gasteiger partial charge is 0.497 e. The van der Waals surface area contributed by atoms with E-state index in [9.17, 15) is 0 Å². The van der Waals surface area contributed by atoms with Gasteiger partial charge < -0.3 is 4.74 Å². The van der Waals surface area contributed by atoms with Crippen molar-refractivity contribution in [2.24, 2.45) is 0 Å². The zero-order valence-corrected chi connectivity index (χ0v) is 14.7. The van der Waals surface area contributed by atoms with Gasteiger partial charge in [0.05, 0.1) is 19.2 Å². The zero-order valence-electron chi connectivity index (χ0n) is 14.7. The van der Waals surface area contributed by atoms with Crippen LogP contribution in [-0.2, 0) is 4.74 Å². The lowest BCUT2D eigenvalue weighted by Gasteiger charge is -2.18. The summed E-state index contributed by atoms with van der Waals surface area (Å²) < 4.78 is 5.57. The van der Waals surface area contributed by atoms with Crippen molar-refractivity contribution >= 4 is 0 Å². The van der Waals surface area contributed by atoms with E-state index in [1.807, 2.05) is 6.07 Å². The van der Waals surface area contributed by atoms with Crippen LogP contribution in [-0.4, -0.2) is 7.11 Å². The summed E-state index contributed by atoms with van der Waals surface area (Å²) in [6.45, 7) is 0. The van der Waals surface area contributed by atoms with E-state index in [2.05, 4.69) is 54.6 Å². The Morgan fingerprint density at radius 2 is 1.64 bits per heavy atom. The highest BCUT2D eigenvalue weighted by Gasteiger charge is 2.18. The molecule has 1 aliphatic carbocycles. The molecule has 0 N–H and O–H groups in total. The first-order valence-electron chi connectivity index (χ1n) is 8.74. The van der Waals surface area contributed by atoms with E-state index in [0.717, 1.165) is 31.4 Å². The van der Waals surface area contributed by atoms with E-state index in [-0.39, 0.29) is 5.92 Å². The number of ether oxygens (including phenoxy) is 1. The van der Waals surface area contributed by atoms with Crippen LogP contribution >= 0.6 is 0 Å². The minimum Gasteiger partial charge on any atom is -0.497 e. The molecule has 3 heteroatoms. The molecule has 1 unspecified atom stereocenters. The Labute approximate surface area is 150 Å². The number of hydrogen-bond donors (Lipinski definition) is 0. The van der Waals surface area contributed by atoms with Crippen LogP contribution in [0, 0.1) is 22.7 Å². The smallest absolute Gasteiger partial charge is 0.116 e. The second kappa shape index (κ2) is 10.2. The Morgan fingerprint density at radius 3 is 2.28 bits per heavy atom. The van der Waals surface area contributed by atoms with Crippen molar-refractivity contribution < 1.29 is 4.74 Å². The SMILES string of the molecule is COC1=CC(c2ccccc2)C(CCCC#N)=CC(CCCC#N)=C1. The van der Waals surface area contributed by atoms with Crippen molar-refractivity contribution in [2.45, 2.75) is 44.4 Å². The average Bonchev–Trinajstić information content (AvgIpc) is 2.82. The Kier molecular flexibility index (Phi) is 7.54. The van der Waals surface area contributed by atoms with Crippen molar-refractivity contribution in [3.8, 4) is 12.1 Å². The predicted molar refractivity (Wildman–Crippen MR) is 99.4 cm³/mol. The monoisotopic (exact) mass is 332 g/mol. The van der Waals surface area contributed by atoms with E-state index in [1.54, 1.807) is 7.11 Å². The molecule has 0 amide bonds. The summed E-state index contributed by atoms with van der Waals surface area (Å²) in [4.78, 5) is 0. The third-order valence-electron chi connectivity index (χ3n) is 4.33.